The van der Waals surface area contributed by atoms with E-state index >= 15 is 0 Å². The predicted octanol–water partition coefficient (Wildman–Crippen LogP) is 2.53. The van der Waals surface area contributed by atoms with Gasteiger partial charge in [0.25, 0.3) is 0 Å². The Labute approximate surface area is 125 Å². The summed E-state index contributed by atoms with van der Waals surface area (Å²) in [6, 6.07) is 5.27. The summed E-state index contributed by atoms with van der Waals surface area (Å²) in [7, 11) is -3.64. The molecule has 0 amide bonds. The molecular formula is C15H20N2O3S. The van der Waals surface area contributed by atoms with Crippen molar-refractivity contribution in [2.24, 2.45) is 4.99 Å². The molecule has 1 aliphatic heterocycles. The van der Waals surface area contributed by atoms with Crippen LogP contribution in [0.3, 0.4) is 0 Å². The Hall–Kier alpha value is -1.49. The molecule has 1 aliphatic rings. The van der Waals surface area contributed by atoms with Gasteiger partial charge in [0.05, 0.1) is 4.90 Å². The van der Waals surface area contributed by atoms with Crippen LogP contribution in [-0.4, -0.2) is 31.5 Å². The summed E-state index contributed by atoms with van der Waals surface area (Å²) in [6.07, 6.45) is 4.06. The third kappa shape index (κ3) is 3.40. The van der Waals surface area contributed by atoms with E-state index in [2.05, 4.69) is 4.99 Å². The van der Waals surface area contributed by atoms with Crippen LogP contribution in [0.25, 0.3) is 0 Å². The zero-order chi connectivity index (χ0) is 15.5. The van der Waals surface area contributed by atoms with E-state index in [9.17, 15) is 13.2 Å². The third-order valence-electron chi connectivity index (χ3n) is 3.79. The van der Waals surface area contributed by atoms with Crippen LogP contribution in [0.2, 0.25) is 0 Å². The van der Waals surface area contributed by atoms with Crippen molar-refractivity contribution in [2.45, 2.75) is 50.6 Å². The van der Waals surface area contributed by atoms with Gasteiger partial charge in [-0.25, -0.2) is 13.2 Å². The molecule has 0 saturated carbocycles. The van der Waals surface area contributed by atoms with Gasteiger partial charge in [0.1, 0.15) is 6.17 Å². The molecule has 5 nitrogen and oxygen atoms in total. The van der Waals surface area contributed by atoms with Gasteiger partial charge in [-0.15, -0.1) is 0 Å². The molecule has 0 aromatic heterocycles. The summed E-state index contributed by atoms with van der Waals surface area (Å²) in [5, 5.41) is 0. The van der Waals surface area contributed by atoms with E-state index in [1.54, 1.807) is 19.1 Å². The fraction of sp³-hybridized carbons (Fsp3) is 0.533. The molecule has 1 fully saturated rings. The Balaban J connectivity index is 2.46. The van der Waals surface area contributed by atoms with Crippen LogP contribution in [0.15, 0.2) is 28.1 Å². The minimum absolute atomic E-state index is 0.293. The average Bonchev–Trinajstić information content (AvgIpc) is 2.64. The van der Waals surface area contributed by atoms with Gasteiger partial charge in [0.2, 0.25) is 16.1 Å². The van der Waals surface area contributed by atoms with Crippen molar-refractivity contribution in [3.63, 3.8) is 0 Å². The summed E-state index contributed by atoms with van der Waals surface area (Å²) in [4.78, 5) is 14.6. The standard InChI is InChI=1S/C15H20N2O3S/c1-12-7-8-14(13(2)10-12)21(19,20)17-9-5-3-4-6-15(17)16-11-18/h7-8,10,15H,3-6,9H2,1-2H3. The highest BCUT2D eigenvalue weighted by Gasteiger charge is 2.33. The van der Waals surface area contributed by atoms with E-state index < -0.39 is 16.2 Å². The normalized spacial score (nSPS) is 20.6. The molecule has 6 heteroatoms. The van der Waals surface area contributed by atoms with Crippen LogP contribution >= 0.6 is 0 Å². The van der Waals surface area contributed by atoms with E-state index in [0.29, 0.717) is 23.4 Å². The number of isocyanates is 1. The number of rotatable bonds is 3. The van der Waals surface area contributed by atoms with Crippen LogP contribution in [0.4, 0.5) is 0 Å². The third-order valence-corrected chi connectivity index (χ3v) is 5.85. The number of nitrogens with zero attached hydrogens (tertiary/aromatic N) is 2. The van der Waals surface area contributed by atoms with Crippen LogP contribution in [0.5, 0.6) is 0 Å². The first-order valence-corrected chi connectivity index (χ1v) is 8.57. The molecule has 0 spiro atoms. The van der Waals surface area contributed by atoms with E-state index in [1.165, 1.54) is 10.4 Å². The predicted molar refractivity (Wildman–Crippen MR) is 80.2 cm³/mol. The molecule has 21 heavy (non-hydrogen) atoms. The summed E-state index contributed by atoms with van der Waals surface area (Å²) < 4.78 is 27.1. The van der Waals surface area contributed by atoms with Crippen molar-refractivity contribution in [2.75, 3.05) is 6.54 Å². The smallest absolute Gasteiger partial charge is 0.211 e. The first-order valence-electron chi connectivity index (χ1n) is 7.13. The van der Waals surface area contributed by atoms with Crippen LogP contribution in [0, 0.1) is 13.8 Å². The minimum Gasteiger partial charge on any atom is -0.211 e. The second-order valence-corrected chi connectivity index (χ2v) is 7.29. The monoisotopic (exact) mass is 308 g/mol. The molecule has 0 N–H and O–H groups in total. The van der Waals surface area contributed by atoms with Gasteiger partial charge in [0.15, 0.2) is 0 Å². The number of aliphatic imine (C=N–C) groups is 1. The van der Waals surface area contributed by atoms with E-state index in [1.807, 2.05) is 13.0 Å². The Morgan fingerprint density at radius 2 is 2.00 bits per heavy atom. The largest absolute Gasteiger partial charge is 0.245 e. The lowest BCUT2D eigenvalue weighted by Gasteiger charge is -2.26. The minimum atomic E-state index is -3.64. The number of hydrogen-bond acceptors (Lipinski definition) is 4. The Kier molecular flexibility index (Phi) is 4.93. The number of aryl methyl sites for hydroxylation is 2. The summed E-state index contributed by atoms with van der Waals surface area (Å²) in [6.45, 7) is 4.11. The van der Waals surface area contributed by atoms with E-state index in [4.69, 9.17) is 0 Å². The summed E-state index contributed by atoms with van der Waals surface area (Å²) in [5.74, 6) is 0. The molecule has 2 rings (SSSR count). The zero-order valence-corrected chi connectivity index (χ0v) is 13.2. The number of hydrogen-bond donors (Lipinski definition) is 0. The van der Waals surface area contributed by atoms with Gasteiger partial charge in [0, 0.05) is 6.54 Å². The Morgan fingerprint density at radius 1 is 1.24 bits per heavy atom. The zero-order valence-electron chi connectivity index (χ0n) is 12.4. The van der Waals surface area contributed by atoms with Crippen molar-refractivity contribution >= 4 is 16.1 Å². The van der Waals surface area contributed by atoms with Gasteiger partial charge < -0.3 is 0 Å². The fourth-order valence-electron chi connectivity index (χ4n) is 2.75. The van der Waals surface area contributed by atoms with Crippen molar-refractivity contribution < 1.29 is 13.2 Å². The maximum atomic E-state index is 12.9. The SMILES string of the molecule is Cc1ccc(S(=O)(=O)N2CCCCCC2N=C=O)c(C)c1. The lowest BCUT2D eigenvalue weighted by atomic mass is 10.2. The molecule has 114 valence electrons. The van der Waals surface area contributed by atoms with Crippen LogP contribution in [-0.2, 0) is 14.8 Å². The molecule has 1 atom stereocenters. The molecule has 0 radical (unpaired) electrons. The van der Waals surface area contributed by atoms with Gasteiger partial charge in [-0.05, 0) is 44.7 Å². The molecule has 0 aliphatic carbocycles. The first-order chi connectivity index (χ1) is 9.96. The maximum absolute atomic E-state index is 12.9. The topological polar surface area (TPSA) is 66.8 Å². The number of benzene rings is 1. The second-order valence-electron chi connectivity index (χ2n) is 5.44. The fourth-order valence-corrected chi connectivity index (χ4v) is 4.55. The lowest BCUT2D eigenvalue weighted by molar-refractivity contribution is 0.330. The summed E-state index contributed by atoms with van der Waals surface area (Å²) >= 11 is 0. The molecule has 1 heterocycles. The summed E-state index contributed by atoms with van der Waals surface area (Å²) in [5.41, 5.74) is 1.73. The van der Waals surface area contributed by atoms with Crippen molar-refractivity contribution in [3.8, 4) is 0 Å². The molecule has 1 saturated heterocycles. The maximum Gasteiger partial charge on any atom is 0.245 e. The van der Waals surface area contributed by atoms with Crippen molar-refractivity contribution in [1.29, 1.82) is 0 Å². The Bertz CT molecular complexity index is 663. The van der Waals surface area contributed by atoms with Crippen molar-refractivity contribution in [1.82, 2.24) is 4.31 Å². The molecular weight excluding hydrogens is 288 g/mol. The van der Waals surface area contributed by atoms with Gasteiger partial charge in [-0.2, -0.15) is 9.30 Å². The van der Waals surface area contributed by atoms with Gasteiger partial charge >= 0.3 is 0 Å². The van der Waals surface area contributed by atoms with E-state index in [0.717, 1.165) is 24.8 Å². The van der Waals surface area contributed by atoms with Gasteiger partial charge in [-0.1, -0.05) is 24.1 Å². The number of carbonyl (C=O) groups excluding carboxylic acids is 1. The highest BCUT2D eigenvalue weighted by Crippen LogP contribution is 2.27. The van der Waals surface area contributed by atoms with Crippen LogP contribution in [0.1, 0.15) is 36.8 Å². The van der Waals surface area contributed by atoms with Crippen LogP contribution < -0.4 is 0 Å². The highest BCUT2D eigenvalue weighted by atomic mass is 32.2. The Morgan fingerprint density at radius 3 is 2.67 bits per heavy atom. The highest BCUT2D eigenvalue weighted by molar-refractivity contribution is 7.89. The quantitative estimate of drug-likeness (QED) is 0.636. The molecule has 1 aromatic rings. The second kappa shape index (κ2) is 6.52. The van der Waals surface area contributed by atoms with Crippen molar-refractivity contribution in [3.05, 3.63) is 29.3 Å². The lowest BCUT2D eigenvalue weighted by Crippen LogP contribution is -2.39. The molecule has 1 aromatic carbocycles. The first kappa shape index (κ1) is 15.9. The van der Waals surface area contributed by atoms with Gasteiger partial charge in [-0.3, -0.25) is 0 Å². The molecule has 1 unspecified atom stereocenters. The van der Waals surface area contributed by atoms with E-state index in [-0.39, 0.29) is 0 Å². The molecule has 0 bridgehead atoms. The number of sulfonamides is 1. The average molecular weight is 308 g/mol.